The Kier molecular flexibility index (Phi) is 8.42. The van der Waals surface area contributed by atoms with E-state index in [0.717, 1.165) is 0 Å². The van der Waals surface area contributed by atoms with Crippen LogP contribution in [0.25, 0.3) is 0 Å². The summed E-state index contributed by atoms with van der Waals surface area (Å²) in [5.41, 5.74) is -1.09. The first-order valence-electron chi connectivity index (χ1n) is 6.28. The summed E-state index contributed by atoms with van der Waals surface area (Å²) in [5, 5.41) is 0. The fraction of sp³-hybridized carbons (Fsp3) is 0.571. The fourth-order valence-electron chi connectivity index (χ4n) is 1.95. The summed E-state index contributed by atoms with van der Waals surface area (Å²) < 4.78 is 56.4. The van der Waals surface area contributed by atoms with Crippen LogP contribution in [-0.2, 0) is 13.1 Å². The van der Waals surface area contributed by atoms with Gasteiger partial charge in [0.15, 0.2) is 23.3 Å². The molecule has 0 bridgehead atoms. The van der Waals surface area contributed by atoms with E-state index in [4.69, 9.17) is 0 Å². The van der Waals surface area contributed by atoms with Crippen LogP contribution in [0.15, 0.2) is 0 Å². The molecule has 0 aromatic heterocycles. The van der Waals surface area contributed by atoms with E-state index in [9.17, 15) is 17.6 Å². The molecular formula is C14H22Cl2F4N2. The van der Waals surface area contributed by atoms with Gasteiger partial charge in [-0.2, -0.15) is 0 Å². The van der Waals surface area contributed by atoms with Gasteiger partial charge >= 0.3 is 0 Å². The minimum atomic E-state index is -1.29. The van der Waals surface area contributed by atoms with Crippen LogP contribution in [0, 0.1) is 23.3 Å². The minimum absolute atomic E-state index is 0. The third-order valence-electron chi connectivity index (χ3n) is 2.71. The van der Waals surface area contributed by atoms with Crippen molar-refractivity contribution in [2.45, 2.75) is 13.1 Å². The van der Waals surface area contributed by atoms with E-state index >= 15 is 0 Å². The summed E-state index contributed by atoms with van der Waals surface area (Å²) in [6.45, 7) is -0.258. The van der Waals surface area contributed by atoms with Crippen molar-refractivity contribution < 1.29 is 51.3 Å². The molecular weight excluding hydrogens is 343 g/mol. The molecule has 0 amide bonds. The molecule has 0 atom stereocenters. The SMILES string of the molecule is C[N+](C)(C)Cc1c(F)c(F)c(C[N+](C)(C)C)c(F)c1F.[Cl-].[Cl-]. The topological polar surface area (TPSA) is 0 Å². The summed E-state index contributed by atoms with van der Waals surface area (Å²) in [7, 11) is 10.1. The second-order valence-corrected chi connectivity index (χ2v) is 7.11. The van der Waals surface area contributed by atoms with Crippen LogP contribution in [-0.4, -0.2) is 51.3 Å². The Balaban J connectivity index is 0. The van der Waals surface area contributed by atoms with Crippen molar-refractivity contribution in [2.24, 2.45) is 0 Å². The zero-order chi connectivity index (χ0) is 15.9. The lowest BCUT2D eigenvalue weighted by molar-refractivity contribution is -0.884. The number of rotatable bonds is 4. The van der Waals surface area contributed by atoms with Crippen LogP contribution < -0.4 is 24.8 Å². The molecule has 0 saturated heterocycles. The highest BCUT2D eigenvalue weighted by molar-refractivity contribution is 5.29. The van der Waals surface area contributed by atoms with Gasteiger partial charge in [0.1, 0.15) is 13.1 Å². The predicted molar refractivity (Wildman–Crippen MR) is 69.7 cm³/mol. The molecule has 2 nitrogen and oxygen atoms in total. The van der Waals surface area contributed by atoms with Crippen LogP contribution in [0.5, 0.6) is 0 Å². The van der Waals surface area contributed by atoms with Crippen LogP contribution in [0.2, 0.25) is 0 Å². The molecule has 0 aliphatic heterocycles. The third-order valence-corrected chi connectivity index (χ3v) is 2.71. The second-order valence-electron chi connectivity index (χ2n) is 7.11. The monoisotopic (exact) mass is 364 g/mol. The molecule has 0 aliphatic rings. The Hall–Kier alpha value is -0.560. The summed E-state index contributed by atoms with van der Waals surface area (Å²) in [6, 6.07) is 0. The molecule has 1 rings (SSSR count). The van der Waals surface area contributed by atoms with Gasteiger partial charge in [-0.15, -0.1) is 0 Å². The molecule has 0 unspecified atom stereocenters. The molecule has 0 fully saturated rings. The Morgan fingerprint density at radius 1 is 0.545 bits per heavy atom. The normalized spacial score (nSPS) is 11.7. The third kappa shape index (κ3) is 5.91. The lowest BCUT2D eigenvalue weighted by Crippen LogP contribution is -3.00. The van der Waals surface area contributed by atoms with Gasteiger partial charge in [-0.05, 0) is 0 Å². The van der Waals surface area contributed by atoms with Crippen molar-refractivity contribution in [1.29, 1.82) is 0 Å². The van der Waals surface area contributed by atoms with Crippen LogP contribution in [0.4, 0.5) is 17.6 Å². The maximum absolute atomic E-state index is 14.0. The van der Waals surface area contributed by atoms with Gasteiger partial charge in [0.25, 0.3) is 0 Å². The lowest BCUT2D eigenvalue weighted by Gasteiger charge is -2.27. The Morgan fingerprint density at radius 2 is 0.727 bits per heavy atom. The largest absolute Gasteiger partial charge is 1.00 e. The van der Waals surface area contributed by atoms with Gasteiger partial charge in [0.2, 0.25) is 0 Å². The van der Waals surface area contributed by atoms with Gasteiger partial charge in [-0.25, -0.2) is 17.6 Å². The van der Waals surface area contributed by atoms with Crippen LogP contribution >= 0.6 is 0 Å². The molecule has 130 valence electrons. The van der Waals surface area contributed by atoms with Crippen molar-refractivity contribution in [3.8, 4) is 0 Å². The molecule has 0 heterocycles. The lowest BCUT2D eigenvalue weighted by atomic mass is 10.1. The first kappa shape index (κ1) is 23.7. The summed E-state index contributed by atoms with van der Waals surface area (Å²) in [4.78, 5) is 0. The predicted octanol–water partition coefficient (Wildman–Crippen LogP) is -3.34. The van der Waals surface area contributed by atoms with Crippen molar-refractivity contribution in [2.75, 3.05) is 42.3 Å². The molecule has 0 N–H and O–H groups in total. The second kappa shape index (κ2) is 7.81. The number of nitrogens with zero attached hydrogens (tertiary/aromatic N) is 2. The number of halogens is 6. The molecule has 1 aromatic carbocycles. The first-order valence-corrected chi connectivity index (χ1v) is 6.28. The average Bonchev–Trinajstić information content (AvgIpc) is 2.25. The number of hydrogen-bond donors (Lipinski definition) is 0. The smallest absolute Gasteiger partial charge is 0.171 e. The highest BCUT2D eigenvalue weighted by atomic mass is 35.5. The molecule has 0 aliphatic carbocycles. The highest BCUT2D eigenvalue weighted by Crippen LogP contribution is 2.27. The Labute approximate surface area is 141 Å². The zero-order valence-corrected chi connectivity index (χ0v) is 15.1. The van der Waals surface area contributed by atoms with E-state index in [2.05, 4.69) is 0 Å². The van der Waals surface area contributed by atoms with E-state index in [1.807, 2.05) is 0 Å². The minimum Gasteiger partial charge on any atom is -1.00 e. The standard InChI is InChI=1S/C14H22F4N2.2ClH/c1-19(2,3)7-9-11(15)13(17)10(8-20(4,5)6)14(18)12(9)16;;/h7-8H2,1-6H3;2*1H/q+2;;/p-2. The first-order chi connectivity index (χ1) is 8.83. The zero-order valence-electron chi connectivity index (χ0n) is 13.6. The maximum atomic E-state index is 14.0. The number of hydrogen-bond acceptors (Lipinski definition) is 0. The maximum Gasteiger partial charge on any atom is 0.171 e. The Morgan fingerprint density at radius 3 is 0.864 bits per heavy atom. The summed E-state index contributed by atoms with van der Waals surface area (Å²) in [5.74, 6) is -5.17. The van der Waals surface area contributed by atoms with E-state index in [-0.39, 0.29) is 46.9 Å². The van der Waals surface area contributed by atoms with E-state index in [0.29, 0.717) is 0 Å². The summed E-state index contributed by atoms with van der Waals surface area (Å²) >= 11 is 0. The van der Waals surface area contributed by atoms with Gasteiger partial charge in [0, 0.05) is 0 Å². The molecule has 8 heteroatoms. The van der Waals surface area contributed by atoms with Crippen molar-refractivity contribution in [1.82, 2.24) is 0 Å². The average molecular weight is 365 g/mol. The van der Waals surface area contributed by atoms with Crippen LogP contribution in [0.3, 0.4) is 0 Å². The van der Waals surface area contributed by atoms with E-state index in [1.54, 1.807) is 42.3 Å². The molecule has 0 saturated carbocycles. The quantitative estimate of drug-likeness (QED) is 0.298. The van der Waals surface area contributed by atoms with E-state index in [1.165, 1.54) is 0 Å². The van der Waals surface area contributed by atoms with Gasteiger partial charge < -0.3 is 33.8 Å². The molecule has 22 heavy (non-hydrogen) atoms. The summed E-state index contributed by atoms with van der Waals surface area (Å²) in [6.07, 6.45) is 0. The highest BCUT2D eigenvalue weighted by Gasteiger charge is 2.30. The Bertz CT molecular complexity index is 447. The van der Waals surface area contributed by atoms with Gasteiger partial charge in [-0.3, -0.25) is 0 Å². The van der Waals surface area contributed by atoms with Gasteiger partial charge in [-0.1, -0.05) is 0 Å². The molecule has 1 aromatic rings. The number of benzene rings is 1. The van der Waals surface area contributed by atoms with Gasteiger partial charge in [0.05, 0.1) is 53.4 Å². The molecule has 0 radical (unpaired) electrons. The fourth-order valence-corrected chi connectivity index (χ4v) is 1.95. The number of quaternary nitrogens is 2. The van der Waals surface area contributed by atoms with Crippen molar-refractivity contribution in [3.63, 3.8) is 0 Å². The van der Waals surface area contributed by atoms with Crippen LogP contribution in [0.1, 0.15) is 11.1 Å². The van der Waals surface area contributed by atoms with Crippen molar-refractivity contribution in [3.05, 3.63) is 34.4 Å². The molecule has 0 spiro atoms. The van der Waals surface area contributed by atoms with E-state index < -0.39 is 34.4 Å². The van der Waals surface area contributed by atoms with Crippen molar-refractivity contribution >= 4 is 0 Å².